The van der Waals surface area contributed by atoms with E-state index in [1.165, 1.54) is 0 Å². The van der Waals surface area contributed by atoms with Gasteiger partial charge in [0, 0.05) is 13.1 Å². The van der Waals surface area contributed by atoms with Crippen LogP contribution in [-0.4, -0.2) is 50.1 Å². The summed E-state index contributed by atoms with van der Waals surface area (Å²) in [7, 11) is 0. The van der Waals surface area contributed by atoms with E-state index in [4.69, 9.17) is 9.47 Å². The molecule has 2 aliphatic rings. The van der Waals surface area contributed by atoms with E-state index >= 15 is 0 Å². The van der Waals surface area contributed by atoms with Gasteiger partial charge in [0.25, 0.3) is 11.8 Å². The molecule has 0 heterocycles. The van der Waals surface area contributed by atoms with Gasteiger partial charge in [-0.05, 0) is 25.7 Å². The monoisotopic (exact) mass is 368 g/mol. The molecule has 0 atom stereocenters. The predicted molar refractivity (Wildman–Crippen MR) is 91.9 cm³/mol. The molecule has 146 valence electrons. The zero-order chi connectivity index (χ0) is 18.8. The highest BCUT2D eigenvalue weighted by atomic mass is 16.5. The Morgan fingerprint density at radius 1 is 0.654 bits per heavy atom. The standard InChI is InChI=1S/C18H28N2O6/c21-15(11-25-17(23)13-5-1-2-6-13)19-9-10-20-16(22)12-26-18(24)14-7-3-4-8-14/h13-14H,1-12H2,(H,19,21)(H,20,22). The normalized spacial score (nSPS) is 17.7. The second-order valence-corrected chi connectivity index (χ2v) is 6.88. The molecule has 0 saturated heterocycles. The second-order valence-electron chi connectivity index (χ2n) is 6.88. The Balaban J connectivity index is 1.47. The lowest BCUT2D eigenvalue weighted by Gasteiger charge is -2.11. The Morgan fingerprint density at radius 2 is 1.00 bits per heavy atom. The molecule has 0 bridgehead atoms. The van der Waals surface area contributed by atoms with Gasteiger partial charge in [-0.1, -0.05) is 25.7 Å². The first-order chi connectivity index (χ1) is 12.6. The lowest BCUT2D eigenvalue weighted by Crippen LogP contribution is -2.38. The second kappa shape index (κ2) is 10.8. The van der Waals surface area contributed by atoms with Crippen molar-refractivity contribution in [2.24, 2.45) is 11.8 Å². The topological polar surface area (TPSA) is 111 Å². The Hall–Kier alpha value is -2.12. The highest BCUT2D eigenvalue weighted by Gasteiger charge is 2.25. The largest absolute Gasteiger partial charge is 0.455 e. The molecule has 2 fully saturated rings. The molecular weight excluding hydrogens is 340 g/mol. The molecule has 2 amide bonds. The Labute approximate surface area is 153 Å². The van der Waals surface area contributed by atoms with Gasteiger partial charge in [-0.2, -0.15) is 0 Å². The van der Waals surface area contributed by atoms with Gasteiger partial charge in [-0.15, -0.1) is 0 Å². The maximum Gasteiger partial charge on any atom is 0.309 e. The third-order valence-corrected chi connectivity index (χ3v) is 4.84. The van der Waals surface area contributed by atoms with Crippen molar-refractivity contribution in [1.29, 1.82) is 0 Å². The Bertz CT molecular complexity index is 464. The first kappa shape index (κ1) is 20.2. The summed E-state index contributed by atoms with van der Waals surface area (Å²) in [6, 6.07) is 0. The summed E-state index contributed by atoms with van der Waals surface area (Å²) in [6.07, 6.45) is 7.44. The molecule has 0 radical (unpaired) electrons. The number of carbonyl (C=O) groups excluding carboxylic acids is 4. The summed E-state index contributed by atoms with van der Waals surface area (Å²) in [5.74, 6) is -1.58. The number of ether oxygens (including phenoxy) is 2. The van der Waals surface area contributed by atoms with Crippen molar-refractivity contribution in [3.8, 4) is 0 Å². The minimum atomic E-state index is -0.404. The molecule has 2 N–H and O–H groups in total. The summed E-state index contributed by atoms with van der Waals surface area (Å²) in [4.78, 5) is 46.6. The average molecular weight is 368 g/mol. The maximum absolute atomic E-state index is 11.7. The average Bonchev–Trinajstić information content (AvgIpc) is 3.34. The van der Waals surface area contributed by atoms with Gasteiger partial charge in [-0.25, -0.2) is 0 Å². The lowest BCUT2D eigenvalue weighted by atomic mass is 10.1. The van der Waals surface area contributed by atoms with Gasteiger partial charge in [0.2, 0.25) is 0 Å². The van der Waals surface area contributed by atoms with Crippen LogP contribution in [0.1, 0.15) is 51.4 Å². The number of carbonyl (C=O) groups is 4. The molecule has 0 aromatic heterocycles. The molecule has 0 unspecified atom stereocenters. The van der Waals surface area contributed by atoms with Crippen LogP contribution in [0.15, 0.2) is 0 Å². The van der Waals surface area contributed by atoms with Crippen molar-refractivity contribution in [1.82, 2.24) is 10.6 Å². The fourth-order valence-corrected chi connectivity index (χ4v) is 3.34. The highest BCUT2D eigenvalue weighted by Crippen LogP contribution is 2.26. The minimum absolute atomic E-state index is 0.0750. The number of rotatable bonds is 9. The number of hydrogen-bond donors (Lipinski definition) is 2. The Morgan fingerprint density at radius 3 is 1.35 bits per heavy atom. The van der Waals surface area contributed by atoms with Gasteiger partial charge in [0.15, 0.2) is 13.2 Å². The molecule has 0 spiro atoms. The van der Waals surface area contributed by atoms with E-state index in [0.29, 0.717) is 0 Å². The van der Waals surface area contributed by atoms with Gasteiger partial charge >= 0.3 is 11.9 Å². The lowest BCUT2D eigenvalue weighted by molar-refractivity contribution is -0.152. The van der Waals surface area contributed by atoms with Crippen LogP contribution < -0.4 is 10.6 Å². The van der Waals surface area contributed by atoms with Gasteiger partial charge in [-0.3, -0.25) is 19.2 Å². The van der Waals surface area contributed by atoms with E-state index < -0.39 is 11.8 Å². The number of esters is 2. The molecule has 26 heavy (non-hydrogen) atoms. The van der Waals surface area contributed by atoms with Gasteiger partial charge in [0.1, 0.15) is 0 Å². The highest BCUT2D eigenvalue weighted by molar-refractivity contribution is 5.82. The minimum Gasteiger partial charge on any atom is -0.455 e. The molecule has 0 aliphatic heterocycles. The number of nitrogens with one attached hydrogen (secondary N) is 2. The van der Waals surface area contributed by atoms with E-state index in [9.17, 15) is 19.2 Å². The van der Waals surface area contributed by atoms with Crippen LogP contribution in [0.2, 0.25) is 0 Å². The summed E-state index contributed by atoms with van der Waals surface area (Å²) < 4.78 is 9.97. The predicted octanol–water partition coefficient (Wildman–Crippen LogP) is 0.686. The molecular formula is C18H28N2O6. The van der Waals surface area contributed by atoms with Crippen LogP contribution >= 0.6 is 0 Å². The number of amides is 2. The van der Waals surface area contributed by atoms with E-state index in [1.807, 2.05) is 0 Å². The van der Waals surface area contributed by atoms with Crippen LogP contribution in [-0.2, 0) is 28.7 Å². The molecule has 8 nitrogen and oxygen atoms in total. The Kier molecular flexibility index (Phi) is 8.37. The summed E-state index contributed by atoms with van der Waals surface area (Å²) in [6.45, 7) is -0.186. The molecule has 0 aromatic carbocycles. The van der Waals surface area contributed by atoms with Crippen molar-refractivity contribution in [3.05, 3.63) is 0 Å². The fourth-order valence-electron chi connectivity index (χ4n) is 3.34. The SMILES string of the molecule is O=C(COC(=O)C1CCCC1)NCCNC(=O)COC(=O)C1CCCC1. The molecule has 0 aromatic rings. The van der Waals surface area contributed by atoms with Crippen LogP contribution in [0.25, 0.3) is 0 Å². The molecule has 2 aliphatic carbocycles. The molecule has 8 heteroatoms. The van der Waals surface area contributed by atoms with E-state index in [0.717, 1.165) is 51.4 Å². The smallest absolute Gasteiger partial charge is 0.309 e. The van der Waals surface area contributed by atoms with E-state index in [1.54, 1.807) is 0 Å². The zero-order valence-electron chi connectivity index (χ0n) is 15.1. The molecule has 2 saturated carbocycles. The van der Waals surface area contributed by atoms with Gasteiger partial charge < -0.3 is 20.1 Å². The van der Waals surface area contributed by atoms with Crippen molar-refractivity contribution < 1.29 is 28.7 Å². The van der Waals surface area contributed by atoms with Crippen molar-refractivity contribution in [3.63, 3.8) is 0 Å². The van der Waals surface area contributed by atoms with Crippen molar-refractivity contribution in [2.45, 2.75) is 51.4 Å². The van der Waals surface area contributed by atoms with Crippen LogP contribution in [0.4, 0.5) is 0 Å². The van der Waals surface area contributed by atoms with E-state index in [-0.39, 0.29) is 50.1 Å². The summed E-state index contributed by atoms with van der Waals surface area (Å²) >= 11 is 0. The van der Waals surface area contributed by atoms with Crippen LogP contribution in [0.5, 0.6) is 0 Å². The zero-order valence-corrected chi connectivity index (χ0v) is 15.1. The van der Waals surface area contributed by atoms with Gasteiger partial charge in [0.05, 0.1) is 11.8 Å². The fraction of sp³-hybridized carbons (Fsp3) is 0.778. The maximum atomic E-state index is 11.7. The van der Waals surface area contributed by atoms with E-state index in [2.05, 4.69) is 10.6 Å². The van der Waals surface area contributed by atoms with Crippen LogP contribution in [0, 0.1) is 11.8 Å². The quantitative estimate of drug-likeness (QED) is 0.457. The third kappa shape index (κ3) is 7.01. The molecule has 2 rings (SSSR count). The van der Waals surface area contributed by atoms with Crippen molar-refractivity contribution >= 4 is 23.8 Å². The first-order valence-corrected chi connectivity index (χ1v) is 9.43. The number of hydrogen-bond acceptors (Lipinski definition) is 6. The third-order valence-electron chi connectivity index (χ3n) is 4.84. The summed E-state index contributed by atoms with van der Waals surface area (Å²) in [5, 5.41) is 5.11. The first-order valence-electron chi connectivity index (χ1n) is 9.43. The summed E-state index contributed by atoms with van der Waals surface area (Å²) in [5.41, 5.74) is 0. The van der Waals surface area contributed by atoms with Crippen LogP contribution in [0.3, 0.4) is 0 Å². The van der Waals surface area contributed by atoms with Crippen molar-refractivity contribution in [2.75, 3.05) is 26.3 Å².